The molecule has 0 saturated carbocycles. The van der Waals surface area contributed by atoms with Crippen LogP contribution in [0.5, 0.6) is 23.0 Å². The van der Waals surface area contributed by atoms with Crippen molar-refractivity contribution < 1.29 is 24.1 Å². The molecule has 2 aromatic rings. The molecule has 0 aromatic heterocycles. The molecule has 3 aliphatic rings. The molecule has 3 heterocycles. The zero-order valence-corrected chi connectivity index (χ0v) is 24.5. The Bertz CT molecular complexity index is 1150. The number of ether oxygens (including phenoxy) is 4. The molecule has 0 radical (unpaired) electrons. The van der Waals surface area contributed by atoms with Crippen molar-refractivity contribution in [1.82, 2.24) is 9.80 Å². The van der Waals surface area contributed by atoms with Crippen molar-refractivity contribution in [1.29, 1.82) is 0 Å². The highest BCUT2D eigenvalue weighted by atomic mass is 16.5. The van der Waals surface area contributed by atoms with Crippen LogP contribution in [0.4, 0.5) is 0 Å². The van der Waals surface area contributed by atoms with Gasteiger partial charge in [-0.25, -0.2) is 0 Å². The van der Waals surface area contributed by atoms with E-state index < -0.39 is 0 Å². The third kappa shape index (κ3) is 5.46. The third-order valence-electron chi connectivity index (χ3n) is 9.44. The smallest absolute Gasteiger partial charge is 0.161 e. The first-order valence-electron chi connectivity index (χ1n) is 14.6. The number of nitrogens with zero attached hydrogens (tertiary/aromatic N) is 2. The van der Waals surface area contributed by atoms with Crippen LogP contribution in [0.2, 0.25) is 0 Å². The lowest BCUT2D eigenvalue weighted by atomic mass is 9.72. The Labute approximate surface area is 234 Å². The van der Waals surface area contributed by atoms with Crippen LogP contribution in [0.25, 0.3) is 0 Å². The van der Waals surface area contributed by atoms with Gasteiger partial charge < -0.3 is 24.1 Å². The molecule has 0 spiro atoms. The fourth-order valence-corrected chi connectivity index (χ4v) is 7.46. The Morgan fingerprint density at radius 3 is 1.97 bits per heavy atom. The normalized spacial score (nSPS) is 25.7. The molecule has 1 saturated heterocycles. The average Bonchev–Trinajstić information content (AvgIpc) is 2.95. The molecule has 2 aromatic carbocycles. The van der Waals surface area contributed by atoms with E-state index in [9.17, 15) is 5.11 Å². The molecular weight excluding hydrogens is 492 g/mol. The molecule has 1 fully saturated rings. The van der Waals surface area contributed by atoms with E-state index in [2.05, 4.69) is 41.0 Å². The number of hydrogen-bond donors (Lipinski definition) is 1. The molecule has 214 valence electrons. The molecule has 0 bridgehead atoms. The van der Waals surface area contributed by atoms with Crippen LogP contribution in [0, 0.1) is 11.8 Å². The van der Waals surface area contributed by atoms with Gasteiger partial charge in [0.25, 0.3) is 0 Å². The van der Waals surface area contributed by atoms with Crippen LogP contribution in [0.15, 0.2) is 24.3 Å². The van der Waals surface area contributed by atoms with E-state index in [0.717, 1.165) is 68.3 Å². The summed E-state index contributed by atoms with van der Waals surface area (Å²) < 4.78 is 22.7. The van der Waals surface area contributed by atoms with Gasteiger partial charge in [-0.3, -0.25) is 9.80 Å². The van der Waals surface area contributed by atoms with Crippen molar-refractivity contribution in [2.45, 2.75) is 64.1 Å². The van der Waals surface area contributed by atoms with Crippen molar-refractivity contribution in [2.75, 3.05) is 54.6 Å². The molecule has 1 unspecified atom stereocenters. The second-order valence-electron chi connectivity index (χ2n) is 11.6. The molecule has 7 nitrogen and oxygen atoms in total. The number of benzene rings is 2. The monoisotopic (exact) mass is 538 g/mol. The SMILES string of the molecule is CC[C@H]1CN2CCc3cc(OC)c(OC)cc3[C@@H]2C[C@@H]1C[C@@H]1c2cc(OC)c(OC)cc2CCN1CC(C)O. The van der Waals surface area contributed by atoms with E-state index in [-0.39, 0.29) is 12.1 Å². The number of fused-ring (bicyclic) bond motifs is 4. The maximum Gasteiger partial charge on any atom is 0.161 e. The number of hydrogen-bond acceptors (Lipinski definition) is 7. The van der Waals surface area contributed by atoms with E-state index in [4.69, 9.17) is 18.9 Å². The van der Waals surface area contributed by atoms with Crippen LogP contribution in [0.1, 0.15) is 67.4 Å². The van der Waals surface area contributed by atoms with Crippen LogP contribution in [-0.2, 0) is 12.8 Å². The lowest BCUT2D eigenvalue weighted by molar-refractivity contribution is 0.0229. The highest BCUT2D eigenvalue weighted by Gasteiger charge is 2.41. The van der Waals surface area contributed by atoms with Gasteiger partial charge in [-0.1, -0.05) is 13.3 Å². The molecule has 39 heavy (non-hydrogen) atoms. The summed E-state index contributed by atoms with van der Waals surface area (Å²) in [6, 6.07) is 9.39. The van der Waals surface area contributed by atoms with E-state index in [1.807, 2.05) is 6.92 Å². The zero-order chi connectivity index (χ0) is 27.7. The number of rotatable bonds is 9. The maximum absolute atomic E-state index is 10.4. The van der Waals surface area contributed by atoms with E-state index in [0.29, 0.717) is 24.4 Å². The van der Waals surface area contributed by atoms with Crippen molar-refractivity contribution in [3.63, 3.8) is 0 Å². The molecule has 5 rings (SSSR count). The van der Waals surface area contributed by atoms with Crippen LogP contribution in [-0.4, -0.2) is 75.6 Å². The van der Waals surface area contributed by atoms with Crippen LogP contribution in [0.3, 0.4) is 0 Å². The lowest BCUT2D eigenvalue weighted by Crippen LogP contribution is -2.47. The van der Waals surface area contributed by atoms with Crippen molar-refractivity contribution in [3.05, 3.63) is 46.5 Å². The fourth-order valence-electron chi connectivity index (χ4n) is 7.46. The van der Waals surface area contributed by atoms with E-state index in [1.54, 1.807) is 28.4 Å². The number of piperidine rings is 1. The van der Waals surface area contributed by atoms with E-state index >= 15 is 0 Å². The summed E-state index contributed by atoms with van der Waals surface area (Å²) in [6.45, 7) is 8.08. The van der Waals surface area contributed by atoms with Gasteiger partial charge in [-0.15, -0.1) is 0 Å². The predicted octanol–water partition coefficient (Wildman–Crippen LogP) is 5.04. The predicted molar refractivity (Wildman–Crippen MR) is 153 cm³/mol. The number of β-amino-alcohol motifs (C(OH)–C–C–N with tert-alkyl or cyclic N) is 1. The Kier molecular flexibility index (Phi) is 8.60. The summed E-state index contributed by atoms with van der Waals surface area (Å²) in [7, 11) is 6.86. The molecule has 0 aliphatic carbocycles. The van der Waals surface area contributed by atoms with Gasteiger partial charge in [-0.05, 0) is 91.0 Å². The Morgan fingerprint density at radius 2 is 1.38 bits per heavy atom. The Balaban J connectivity index is 1.49. The van der Waals surface area contributed by atoms with Crippen molar-refractivity contribution in [3.8, 4) is 23.0 Å². The van der Waals surface area contributed by atoms with Gasteiger partial charge in [0.15, 0.2) is 23.0 Å². The standard InChI is InChI=1S/C32H46N2O5/c1-7-21-19-34-11-9-23-15-30(37-4)32(39-6)17-26(23)28(34)13-24(21)12-27-25-16-31(38-5)29(36-3)14-22(25)8-10-33(27)18-20(2)35/h14-17,20-21,24,27-28,35H,7-13,18-19H2,1-6H3/t20?,21-,24-,27+,28-/m0/s1. The minimum absolute atomic E-state index is 0.238. The highest BCUT2D eigenvalue weighted by molar-refractivity contribution is 5.51. The van der Waals surface area contributed by atoms with E-state index in [1.165, 1.54) is 28.7 Å². The fraction of sp³-hybridized carbons (Fsp3) is 0.625. The van der Waals surface area contributed by atoms with Gasteiger partial charge >= 0.3 is 0 Å². The van der Waals surface area contributed by atoms with Crippen LogP contribution >= 0.6 is 0 Å². The van der Waals surface area contributed by atoms with Gasteiger partial charge in [0.05, 0.1) is 34.5 Å². The molecule has 7 heteroatoms. The van der Waals surface area contributed by atoms with Crippen molar-refractivity contribution >= 4 is 0 Å². The second-order valence-corrected chi connectivity index (χ2v) is 11.6. The van der Waals surface area contributed by atoms with Crippen LogP contribution < -0.4 is 18.9 Å². The molecule has 5 atom stereocenters. The van der Waals surface area contributed by atoms with Crippen molar-refractivity contribution in [2.24, 2.45) is 11.8 Å². The average molecular weight is 539 g/mol. The summed E-state index contributed by atoms with van der Waals surface area (Å²) >= 11 is 0. The van der Waals surface area contributed by atoms with Gasteiger partial charge in [0.2, 0.25) is 0 Å². The maximum atomic E-state index is 10.4. The quantitative estimate of drug-likeness (QED) is 0.480. The van der Waals surface area contributed by atoms with Gasteiger partial charge in [0, 0.05) is 38.3 Å². The minimum Gasteiger partial charge on any atom is -0.493 e. The molecular formula is C32H46N2O5. The summed E-state index contributed by atoms with van der Waals surface area (Å²) in [5.74, 6) is 4.42. The highest BCUT2D eigenvalue weighted by Crippen LogP contribution is 2.49. The van der Waals surface area contributed by atoms with Gasteiger partial charge in [0.1, 0.15) is 0 Å². The first-order chi connectivity index (χ1) is 18.9. The topological polar surface area (TPSA) is 63.6 Å². The second kappa shape index (κ2) is 11.9. The summed E-state index contributed by atoms with van der Waals surface area (Å²) in [4.78, 5) is 5.20. The van der Waals surface area contributed by atoms with Gasteiger partial charge in [-0.2, -0.15) is 0 Å². The lowest BCUT2D eigenvalue weighted by Gasteiger charge is -2.49. The summed E-state index contributed by atoms with van der Waals surface area (Å²) in [5, 5.41) is 10.4. The minimum atomic E-state index is -0.370. The Hall–Kier alpha value is -2.48. The first-order valence-corrected chi connectivity index (χ1v) is 14.6. The number of aliphatic hydroxyl groups excluding tert-OH is 1. The summed E-state index contributed by atoms with van der Waals surface area (Å²) in [5.41, 5.74) is 5.45. The first kappa shape index (κ1) is 28.1. The number of methoxy groups -OCH3 is 4. The number of aliphatic hydroxyl groups is 1. The Morgan fingerprint density at radius 1 is 0.821 bits per heavy atom. The molecule has 1 N–H and O–H groups in total. The third-order valence-corrected chi connectivity index (χ3v) is 9.44. The molecule has 0 amide bonds. The zero-order valence-electron chi connectivity index (χ0n) is 24.5. The molecule has 3 aliphatic heterocycles. The largest absolute Gasteiger partial charge is 0.493 e. The summed E-state index contributed by atoms with van der Waals surface area (Å²) in [6.07, 6.45) is 5.00.